The lowest BCUT2D eigenvalue weighted by molar-refractivity contribution is -0.123. The van der Waals surface area contributed by atoms with Crippen LogP contribution in [0.1, 0.15) is 36.4 Å². The number of halogens is 1. The molecule has 5 heteroatoms. The highest BCUT2D eigenvalue weighted by Gasteiger charge is 2.23. The first-order chi connectivity index (χ1) is 13.1. The van der Waals surface area contributed by atoms with Gasteiger partial charge < -0.3 is 10.1 Å². The van der Waals surface area contributed by atoms with Crippen LogP contribution in [0.3, 0.4) is 0 Å². The van der Waals surface area contributed by atoms with Crippen molar-refractivity contribution >= 4 is 17.5 Å². The van der Waals surface area contributed by atoms with Gasteiger partial charge in [0.15, 0.2) is 6.61 Å². The molecule has 27 heavy (non-hydrogen) atoms. The van der Waals surface area contributed by atoms with Crippen LogP contribution in [0.15, 0.2) is 48.5 Å². The number of ether oxygens (including phenoxy) is 1. The van der Waals surface area contributed by atoms with Gasteiger partial charge in [0.25, 0.3) is 5.91 Å². The van der Waals surface area contributed by atoms with E-state index in [9.17, 15) is 4.79 Å². The maximum absolute atomic E-state index is 12.3. The normalized spacial score (nSPS) is 15.9. The average molecular weight is 387 g/mol. The molecule has 1 aliphatic heterocycles. The second kappa shape index (κ2) is 9.77. The summed E-state index contributed by atoms with van der Waals surface area (Å²) in [6, 6.07) is 15.8. The summed E-state index contributed by atoms with van der Waals surface area (Å²) in [6.45, 7) is 4.68. The summed E-state index contributed by atoms with van der Waals surface area (Å²) in [5, 5.41) is 3.77. The van der Waals surface area contributed by atoms with Crippen molar-refractivity contribution in [2.75, 3.05) is 26.2 Å². The van der Waals surface area contributed by atoms with Crippen LogP contribution < -0.4 is 10.1 Å². The molecule has 2 aromatic carbocycles. The molecule has 1 fully saturated rings. The average Bonchev–Trinajstić information content (AvgIpc) is 2.69. The van der Waals surface area contributed by atoms with Gasteiger partial charge in [0, 0.05) is 11.6 Å². The van der Waals surface area contributed by atoms with Crippen molar-refractivity contribution in [3.05, 3.63) is 64.7 Å². The summed E-state index contributed by atoms with van der Waals surface area (Å²) < 4.78 is 5.65. The monoisotopic (exact) mass is 386 g/mol. The van der Waals surface area contributed by atoms with Gasteiger partial charge in [-0.05, 0) is 62.2 Å². The van der Waals surface area contributed by atoms with E-state index < -0.39 is 0 Å². The highest BCUT2D eigenvalue weighted by Crippen LogP contribution is 2.25. The summed E-state index contributed by atoms with van der Waals surface area (Å²) in [5.41, 5.74) is 2.21. The van der Waals surface area contributed by atoms with Crippen LogP contribution in [0.4, 0.5) is 0 Å². The van der Waals surface area contributed by atoms with Crippen molar-refractivity contribution in [2.24, 2.45) is 0 Å². The number of likely N-dealkylation sites (tertiary alicyclic amines) is 1. The predicted octanol–water partition coefficient (Wildman–Crippen LogP) is 4.37. The Balaban J connectivity index is 1.59. The summed E-state index contributed by atoms with van der Waals surface area (Å²) in [6.07, 6.45) is 3.68. The van der Waals surface area contributed by atoms with E-state index in [1.165, 1.54) is 24.8 Å². The first-order valence-corrected chi connectivity index (χ1v) is 9.96. The number of nitrogens with zero attached hydrogens (tertiary/aromatic N) is 1. The van der Waals surface area contributed by atoms with Crippen LogP contribution in [0.5, 0.6) is 5.75 Å². The third-order valence-corrected chi connectivity index (χ3v) is 5.28. The molecule has 1 aliphatic rings. The molecule has 0 aliphatic carbocycles. The van der Waals surface area contributed by atoms with Gasteiger partial charge in [-0.15, -0.1) is 0 Å². The number of rotatable bonds is 7. The van der Waals surface area contributed by atoms with Crippen LogP contribution in [-0.4, -0.2) is 37.0 Å². The van der Waals surface area contributed by atoms with E-state index >= 15 is 0 Å². The smallest absolute Gasteiger partial charge is 0.258 e. The molecular weight excluding hydrogens is 360 g/mol. The van der Waals surface area contributed by atoms with Crippen LogP contribution in [0, 0.1) is 6.92 Å². The number of nitrogens with one attached hydrogen (secondary N) is 1. The lowest BCUT2D eigenvalue weighted by atomic mass is 10.0. The zero-order valence-corrected chi connectivity index (χ0v) is 16.5. The summed E-state index contributed by atoms with van der Waals surface area (Å²) in [7, 11) is 0. The number of aryl methyl sites for hydroxylation is 1. The Hall–Kier alpha value is -2.04. The van der Waals surface area contributed by atoms with Crippen LogP contribution in [0.25, 0.3) is 0 Å². The predicted molar refractivity (Wildman–Crippen MR) is 109 cm³/mol. The van der Waals surface area contributed by atoms with Crippen LogP contribution >= 0.6 is 11.6 Å². The van der Waals surface area contributed by atoms with Crippen molar-refractivity contribution < 1.29 is 9.53 Å². The van der Waals surface area contributed by atoms with Crippen molar-refractivity contribution in [1.29, 1.82) is 0 Å². The minimum atomic E-state index is -0.103. The number of para-hydroxylation sites is 1. The van der Waals surface area contributed by atoms with E-state index in [1.54, 1.807) is 0 Å². The van der Waals surface area contributed by atoms with Gasteiger partial charge in [-0.1, -0.05) is 48.4 Å². The fraction of sp³-hybridized carbons (Fsp3) is 0.409. The molecule has 1 atom stereocenters. The van der Waals surface area contributed by atoms with Gasteiger partial charge in [-0.2, -0.15) is 0 Å². The lowest BCUT2D eigenvalue weighted by Gasteiger charge is -2.35. The molecular formula is C22H27ClN2O2. The number of hydrogen-bond acceptors (Lipinski definition) is 3. The Morgan fingerprint density at radius 3 is 2.52 bits per heavy atom. The van der Waals surface area contributed by atoms with Crippen molar-refractivity contribution in [1.82, 2.24) is 10.2 Å². The highest BCUT2D eigenvalue weighted by molar-refractivity contribution is 6.30. The van der Waals surface area contributed by atoms with E-state index in [4.69, 9.17) is 16.3 Å². The fourth-order valence-electron chi connectivity index (χ4n) is 3.50. The minimum Gasteiger partial charge on any atom is -0.484 e. The second-order valence-electron chi connectivity index (χ2n) is 7.02. The Morgan fingerprint density at radius 1 is 1.11 bits per heavy atom. The van der Waals surface area contributed by atoms with Gasteiger partial charge >= 0.3 is 0 Å². The molecule has 0 aromatic heterocycles. The first kappa shape index (κ1) is 19.7. The molecule has 144 valence electrons. The number of hydrogen-bond donors (Lipinski definition) is 1. The van der Waals surface area contributed by atoms with E-state index in [-0.39, 0.29) is 18.6 Å². The fourth-order valence-corrected chi connectivity index (χ4v) is 3.62. The Morgan fingerprint density at radius 2 is 1.81 bits per heavy atom. The number of carbonyl (C=O) groups is 1. The summed E-state index contributed by atoms with van der Waals surface area (Å²) >= 11 is 6.04. The molecule has 2 aromatic rings. The molecule has 0 spiro atoms. The lowest BCUT2D eigenvalue weighted by Crippen LogP contribution is -2.41. The highest BCUT2D eigenvalue weighted by atomic mass is 35.5. The minimum absolute atomic E-state index is 0.0260. The van der Waals surface area contributed by atoms with E-state index in [0.717, 1.165) is 29.4 Å². The zero-order chi connectivity index (χ0) is 19.1. The molecule has 0 saturated carbocycles. The third kappa shape index (κ3) is 5.72. The van der Waals surface area contributed by atoms with E-state index in [1.807, 2.05) is 43.3 Å². The van der Waals surface area contributed by atoms with Crippen molar-refractivity contribution in [3.8, 4) is 5.75 Å². The maximum Gasteiger partial charge on any atom is 0.258 e. The van der Waals surface area contributed by atoms with Gasteiger partial charge in [0.05, 0.1) is 6.04 Å². The third-order valence-electron chi connectivity index (χ3n) is 5.03. The topological polar surface area (TPSA) is 41.6 Å². The number of carbonyl (C=O) groups excluding carboxylic acids is 1. The molecule has 0 bridgehead atoms. The number of piperidine rings is 1. The van der Waals surface area contributed by atoms with E-state index in [0.29, 0.717) is 6.54 Å². The molecule has 1 heterocycles. The standard InChI is InChI=1S/C22H27ClN2O2/c1-17-7-3-4-8-21(17)27-16-22(26)24-15-20(25-13-5-2-6-14-25)18-9-11-19(23)12-10-18/h3-4,7-12,20H,2,5-6,13-16H2,1H3,(H,24,26)/t20-/m0/s1. The van der Waals surface area contributed by atoms with Gasteiger partial charge in [-0.25, -0.2) is 0 Å². The molecule has 1 N–H and O–H groups in total. The maximum atomic E-state index is 12.3. The molecule has 0 unspecified atom stereocenters. The van der Waals surface area contributed by atoms with Gasteiger partial charge in [-0.3, -0.25) is 9.69 Å². The Labute approximate surface area is 166 Å². The largest absolute Gasteiger partial charge is 0.484 e. The first-order valence-electron chi connectivity index (χ1n) is 9.58. The molecule has 4 nitrogen and oxygen atoms in total. The Bertz CT molecular complexity index is 742. The molecule has 1 amide bonds. The molecule has 3 rings (SSSR count). The number of amides is 1. The van der Waals surface area contributed by atoms with Gasteiger partial charge in [0.1, 0.15) is 5.75 Å². The molecule has 0 radical (unpaired) electrons. The van der Waals surface area contributed by atoms with Crippen molar-refractivity contribution in [2.45, 2.75) is 32.2 Å². The van der Waals surface area contributed by atoms with E-state index in [2.05, 4.69) is 22.3 Å². The van der Waals surface area contributed by atoms with Crippen LogP contribution in [-0.2, 0) is 4.79 Å². The van der Waals surface area contributed by atoms with Crippen LogP contribution in [0.2, 0.25) is 5.02 Å². The number of benzene rings is 2. The van der Waals surface area contributed by atoms with Crippen molar-refractivity contribution in [3.63, 3.8) is 0 Å². The summed E-state index contributed by atoms with van der Waals surface area (Å²) in [5.74, 6) is 0.646. The van der Waals surface area contributed by atoms with Gasteiger partial charge in [0.2, 0.25) is 0 Å². The zero-order valence-electron chi connectivity index (χ0n) is 15.8. The second-order valence-corrected chi connectivity index (χ2v) is 7.46. The SMILES string of the molecule is Cc1ccccc1OCC(=O)NC[C@@H](c1ccc(Cl)cc1)N1CCCCC1. The molecule has 1 saturated heterocycles. The Kier molecular flexibility index (Phi) is 7.13. The summed E-state index contributed by atoms with van der Waals surface area (Å²) in [4.78, 5) is 14.8. The quantitative estimate of drug-likeness (QED) is 0.768.